The number of benzene rings is 2. The fraction of sp³-hybridized carbons (Fsp3) is 0.333. The van der Waals surface area contributed by atoms with Crippen molar-refractivity contribution in [2.75, 3.05) is 26.2 Å². The van der Waals surface area contributed by atoms with E-state index < -0.39 is 0 Å². The fourth-order valence-corrected chi connectivity index (χ4v) is 4.79. The van der Waals surface area contributed by atoms with Gasteiger partial charge in [-0.2, -0.15) is 5.10 Å². The first-order valence-corrected chi connectivity index (χ1v) is 12.8. The summed E-state index contributed by atoms with van der Waals surface area (Å²) in [5.41, 5.74) is 3.58. The van der Waals surface area contributed by atoms with Crippen molar-refractivity contribution in [3.63, 3.8) is 0 Å². The van der Waals surface area contributed by atoms with E-state index in [1.54, 1.807) is 6.07 Å². The molecule has 0 bridgehead atoms. The molecule has 0 spiro atoms. The van der Waals surface area contributed by atoms with Gasteiger partial charge in [-0.05, 0) is 35.4 Å². The van der Waals surface area contributed by atoms with Crippen LogP contribution >= 0.6 is 0 Å². The summed E-state index contributed by atoms with van der Waals surface area (Å²) in [6.45, 7) is 8.58. The van der Waals surface area contributed by atoms with E-state index >= 15 is 0 Å². The van der Waals surface area contributed by atoms with Crippen molar-refractivity contribution in [2.45, 2.75) is 32.4 Å². The van der Waals surface area contributed by atoms with E-state index in [1.165, 1.54) is 16.7 Å². The maximum absolute atomic E-state index is 13.0. The Labute approximate surface area is 218 Å². The SMILES string of the molecule is Cn1cc(CN2CCN(C(=O)c3ccc(COc4ccc(C(C)(C)c5ccccc5)cc4)o3)CC2)cn1. The molecule has 0 saturated carbocycles. The van der Waals surface area contributed by atoms with E-state index in [0.717, 1.165) is 25.4 Å². The van der Waals surface area contributed by atoms with Crippen molar-refractivity contribution < 1.29 is 13.9 Å². The normalized spacial score (nSPS) is 14.6. The Balaban J connectivity index is 1.12. The van der Waals surface area contributed by atoms with Gasteiger partial charge < -0.3 is 14.1 Å². The second kappa shape index (κ2) is 10.6. The van der Waals surface area contributed by atoms with Gasteiger partial charge in [-0.15, -0.1) is 0 Å². The molecule has 1 saturated heterocycles. The summed E-state index contributed by atoms with van der Waals surface area (Å²) >= 11 is 0. The minimum Gasteiger partial charge on any atom is -0.486 e. The van der Waals surface area contributed by atoms with Crippen LogP contribution < -0.4 is 4.74 Å². The first-order chi connectivity index (χ1) is 17.9. The predicted molar refractivity (Wildman–Crippen MR) is 142 cm³/mol. The van der Waals surface area contributed by atoms with Gasteiger partial charge in [-0.3, -0.25) is 14.4 Å². The number of nitrogens with zero attached hydrogens (tertiary/aromatic N) is 4. The highest BCUT2D eigenvalue weighted by molar-refractivity contribution is 5.91. The minimum atomic E-state index is -0.0969. The van der Waals surface area contributed by atoms with Crippen molar-refractivity contribution in [1.82, 2.24) is 19.6 Å². The summed E-state index contributed by atoms with van der Waals surface area (Å²) in [5, 5.41) is 4.23. The smallest absolute Gasteiger partial charge is 0.289 e. The van der Waals surface area contributed by atoms with Crippen LogP contribution in [-0.2, 0) is 25.6 Å². The predicted octanol–water partition coefficient (Wildman–Crippen LogP) is 4.88. The summed E-state index contributed by atoms with van der Waals surface area (Å²) in [5.74, 6) is 1.69. The van der Waals surface area contributed by atoms with Gasteiger partial charge in [0, 0.05) is 56.9 Å². The number of piperazine rings is 1. The average Bonchev–Trinajstić information content (AvgIpc) is 3.57. The molecule has 0 aliphatic carbocycles. The molecule has 2 aromatic heterocycles. The van der Waals surface area contributed by atoms with Gasteiger partial charge in [-0.1, -0.05) is 56.3 Å². The lowest BCUT2D eigenvalue weighted by Gasteiger charge is -2.34. The molecule has 0 N–H and O–H groups in total. The van der Waals surface area contributed by atoms with Gasteiger partial charge >= 0.3 is 0 Å². The number of aromatic nitrogens is 2. The number of rotatable bonds is 8. The van der Waals surface area contributed by atoms with E-state index in [-0.39, 0.29) is 17.9 Å². The highest BCUT2D eigenvalue weighted by atomic mass is 16.5. The fourth-order valence-electron chi connectivity index (χ4n) is 4.79. The lowest BCUT2D eigenvalue weighted by molar-refractivity contribution is 0.0594. The molecule has 5 rings (SSSR count). The molecule has 1 aliphatic heterocycles. The second-order valence-electron chi connectivity index (χ2n) is 10.2. The molecular formula is C30H34N4O3. The minimum absolute atomic E-state index is 0.0697. The molecule has 0 radical (unpaired) electrons. The third-order valence-electron chi connectivity index (χ3n) is 7.15. The van der Waals surface area contributed by atoms with E-state index in [0.29, 0.717) is 24.6 Å². The number of ether oxygens (including phenoxy) is 1. The number of aryl methyl sites for hydroxylation is 1. The van der Waals surface area contributed by atoms with Crippen molar-refractivity contribution >= 4 is 5.91 Å². The van der Waals surface area contributed by atoms with Gasteiger partial charge in [0.05, 0.1) is 6.20 Å². The molecule has 2 aromatic carbocycles. The molecule has 4 aromatic rings. The van der Waals surface area contributed by atoms with Crippen LogP contribution in [-0.4, -0.2) is 51.7 Å². The highest BCUT2D eigenvalue weighted by Gasteiger charge is 2.25. The lowest BCUT2D eigenvalue weighted by Crippen LogP contribution is -2.48. The van der Waals surface area contributed by atoms with Gasteiger partial charge in [-0.25, -0.2) is 0 Å². The maximum atomic E-state index is 13.0. The van der Waals surface area contributed by atoms with Crippen molar-refractivity contribution in [2.24, 2.45) is 7.05 Å². The average molecular weight is 499 g/mol. The third kappa shape index (κ3) is 5.78. The highest BCUT2D eigenvalue weighted by Crippen LogP contribution is 2.32. The monoisotopic (exact) mass is 498 g/mol. The zero-order chi connectivity index (χ0) is 25.8. The lowest BCUT2D eigenvalue weighted by atomic mass is 9.78. The maximum Gasteiger partial charge on any atom is 0.289 e. The van der Waals surface area contributed by atoms with Crippen LogP contribution in [0.25, 0.3) is 0 Å². The molecule has 1 aliphatic rings. The molecule has 37 heavy (non-hydrogen) atoms. The van der Waals surface area contributed by atoms with Gasteiger partial charge in [0.1, 0.15) is 18.1 Å². The van der Waals surface area contributed by atoms with Crippen molar-refractivity contribution in [1.29, 1.82) is 0 Å². The standard InChI is InChI=1S/C30H34N4O3/c1-30(2,24-7-5-4-6-8-24)25-9-11-26(12-10-25)36-22-27-13-14-28(37-27)29(35)34-17-15-33(16-18-34)21-23-19-31-32(3)20-23/h4-14,19-20H,15-18,21-22H2,1-3H3. The molecule has 0 atom stereocenters. The van der Waals surface area contributed by atoms with Gasteiger partial charge in [0.2, 0.25) is 0 Å². The van der Waals surface area contributed by atoms with Crippen LogP contribution in [0.2, 0.25) is 0 Å². The van der Waals surface area contributed by atoms with Crippen LogP contribution in [0.5, 0.6) is 5.75 Å². The molecule has 7 heteroatoms. The van der Waals surface area contributed by atoms with Crippen LogP contribution in [0.1, 0.15) is 46.9 Å². The molecule has 7 nitrogen and oxygen atoms in total. The van der Waals surface area contributed by atoms with Crippen LogP contribution in [0, 0.1) is 0 Å². The topological polar surface area (TPSA) is 63.7 Å². The van der Waals surface area contributed by atoms with Crippen molar-refractivity contribution in [3.8, 4) is 5.75 Å². The zero-order valence-corrected chi connectivity index (χ0v) is 21.8. The molecular weight excluding hydrogens is 464 g/mol. The Morgan fingerprint density at radius 3 is 2.32 bits per heavy atom. The second-order valence-corrected chi connectivity index (χ2v) is 10.2. The number of furan rings is 1. The van der Waals surface area contributed by atoms with E-state index in [1.807, 2.05) is 53.3 Å². The quantitative estimate of drug-likeness (QED) is 0.347. The molecule has 0 unspecified atom stereocenters. The Morgan fingerprint density at radius 2 is 1.65 bits per heavy atom. The molecule has 3 heterocycles. The first kappa shape index (κ1) is 24.8. The Morgan fingerprint density at radius 1 is 0.946 bits per heavy atom. The number of hydrogen-bond acceptors (Lipinski definition) is 5. The van der Waals surface area contributed by atoms with Crippen LogP contribution in [0.15, 0.2) is 83.5 Å². The van der Waals surface area contributed by atoms with E-state index in [9.17, 15) is 4.79 Å². The summed E-state index contributed by atoms with van der Waals surface area (Å²) < 4.78 is 13.6. The Hall–Kier alpha value is -3.84. The first-order valence-electron chi connectivity index (χ1n) is 12.8. The number of amides is 1. The molecule has 1 fully saturated rings. The number of carbonyl (C=O) groups is 1. The summed E-state index contributed by atoms with van der Waals surface area (Å²) in [7, 11) is 1.92. The third-order valence-corrected chi connectivity index (χ3v) is 7.15. The van der Waals surface area contributed by atoms with Gasteiger partial charge in [0.25, 0.3) is 5.91 Å². The largest absolute Gasteiger partial charge is 0.486 e. The summed E-state index contributed by atoms with van der Waals surface area (Å²) in [6.07, 6.45) is 3.92. The van der Waals surface area contributed by atoms with Gasteiger partial charge in [0.15, 0.2) is 5.76 Å². The van der Waals surface area contributed by atoms with Crippen molar-refractivity contribution in [3.05, 3.63) is 107 Å². The van der Waals surface area contributed by atoms with Crippen LogP contribution in [0.3, 0.4) is 0 Å². The zero-order valence-electron chi connectivity index (χ0n) is 21.8. The van der Waals surface area contributed by atoms with E-state index in [2.05, 4.69) is 60.2 Å². The number of carbonyl (C=O) groups excluding carboxylic acids is 1. The number of hydrogen-bond donors (Lipinski definition) is 0. The molecule has 192 valence electrons. The molecule has 1 amide bonds. The Kier molecular flexibility index (Phi) is 7.15. The summed E-state index contributed by atoms with van der Waals surface area (Å²) in [6, 6.07) is 22.2. The van der Waals surface area contributed by atoms with Crippen LogP contribution in [0.4, 0.5) is 0 Å². The Bertz CT molecular complexity index is 1320. The van der Waals surface area contributed by atoms with E-state index in [4.69, 9.17) is 9.15 Å². The summed E-state index contributed by atoms with van der Waals surface area (Å²) in [4.78, 5) is 17.2.